The summed E-state index contributed by atoms with van der Waals surface area (Å²) in [6.45, 7) is 7.87. The number of benzene rings is 1. The first-order chi connectivity index (χ1) is 7.69. The highest BCUT2D eigenvalue weighted by atomic mass is 15.4. The molecule has 0 bridgehead atoms. The number of nitrogens with two attached hydrogens (primary N) is 1. The molecule has 0 saturated carbocycles. The van der Waals surface area contributed by atoms with Gasteiger partial charge in [-0.05, 0) is 32.4 Å². The van der Waals surface area contributed by atoms with Crippen molar-refractivity contribution in [2.24, 2.45) is 10.8 Å². The van der Waals surface area contributed by atoms with Crippen LogP contribution in [0.1, 0.15) is 19.4 Å². The highest BCUT2D eigenvalue weighted by Crippen LogP contribution is 2.12. The van der Waals surface area contributed by atoms with E-state index in [2.05, 4.69) is 24.4 Å². The van der Waals surface area contributed by atoms with Gasteiger partial charge in [0, 0.05) is 13.1 Å². The summed E-state index contributed by atoms with van der Waals surface area (Å²) in [7, 11) is 0. The van der Waals surface area contributed by atoms with Crippen molar-refractivity contribution >= 4 is 11.6 Å². The summed E-state index contributed by atoms with van der Waals surface area (Å²) < 4.78 is 0. The van der Waals surface area contributed by atoms with Gasteiger partial charge in [0.15, 0.2) is 0 Å². The number of hydrazone groups is 1. The monoisotopic (exact) mass is 220 g/mol. The molecule has 88 valence electrons. The van der Waals surface area contributed by atoms with Crippen LogP contribution < -0.4 is 11.2 Å². The van der Waals surface area contributed by atoms with Crippen molar-refractivity contribution in [1.29, 1.82) is 0 Å². The Balaban J connectivity index is 2.69. The standard InChI is InChI=1S/C12H20N4/c1-4-16(5-2)12(13)15-14-11-9-7-6-8-10(11)3/h6-9,14H,4-5H2,1-3H3,(H2,13,15). The number of guanidine groups is 1. The van der Waals surface area contributed by atoms with E-state index in [1.165, 1.54) is 0 Å². The maximum Gasteiger partial charge on any atom is 0.214 e. The van der Waals surface area contributed by atoms with Gasteiger partial charge >= 0.3 is 0 Å². The predicted molar refractivity (Wildman–Crippen MR) is 69.3 cm³/mol. The number of rotatable bonds is 4. The summed E-state index contributed by atoms with van der Waals surface area (Å²) in [5, 5.41) is 4.17. The fraction of sp³-hybridized carbons (Fsp3) is 0.417. The molecule has 0 aliphatic rings. The molecule has 4 heteroatoms. The highest BCUT2D eigenvalue weighted by molar-refractivity contribution is 5.79. The summed E-state index contributed by atoms with van der Waals surface area (Å²) in [5.41, 5.74) is 11.0. The first-order valence-electron chi connectivity index (χ1n) is 5.58. The van der Waals surface area contributed by atoms with E-state index in [0.717, 1.165) is 24.3 Å². The van der Waals surface area contributed by atoms with Crippen LogP contribution in [-0.4, -0.2) is 23.9 Å². The molecule has 0 heterocycles. The second-order valence-corrected chi connectivity index (χ2v) is 3.57. The van der Waals surface area contributed by atoms with E-state index < -0.39 is 0 Å². The molecule has 0 aliphatic carbocycles. The van der Waals surface area contributed by atoms with Gasteiger partial charge < -0.3 is 10.6 Å². The Hall–Kier alpha value is -1.71. The van der Waals surface area contributed by atoms with Gasteiger partial charge in [0.2, 0.25) is 5.96 Å². The summed E-state index contributed by atoms with van der Waals surface area (Å²) in [6, 6.07) is 7.98. The zero-order chi connectivity index (χ0) is 12.0. The van der Waals surface area contributed by atoms with Gasteiger partial charge in [-0.25, -0.2) is 0 Å². The average Bonchev–Trinajstić information content (AvgIpc) is 2.29. The van der Waals surface area contributed by atoms with E-state index in [1.54, 1.807) is 0 Å². The highest BCUT2D eigenvalue weighted by Gasteiger charge is 2.01. The minimum absolute atomic E-state index is 0.522. The van der Waals surface area contributed by atoms with Crippen LogP contribution in [0.5, 0.6) is 0 Å². The number of para-hydroxylation sites is 1. The lowest BCUT2D eigenvalue weighted by Crippen LogP contribution is -2.37. The Morgan fingerprint density at radius 3 is 2.50 bits per heavy atom. The Kier molecular flexibility index (Phi) is 4.64. The van der Waals surface area contributed by atoms with E-state index in [4.69, 9.17) is 5.73 Å². The molecule has 0 aliphatic heterocycles. The normalized spacial score (nSPS) is 11.3. The van der Waals surface area contributed by atoms with Crippen LogP contribution in [0.15, 0.2) is 29.4 Å². The Bertz CT molecular complexity index is 356. The molecule has 0 fully saturated rings. The molecule has 0 aromatic heterocycles. The molecule has 3 N–H and O–H groups in total. The van der Waals surface area contributed by atoms with Crippen molar-refractivity contribution in [2.75, 3.05) is 18.5 Å². The van der Waals surface area contributed by atoms with Crippen LogP contribution in [0.2, 0.25) is 0 Å². The third-order valence-corrected chi connectivity index (χ3v) is 2.52. The number of nitrogens with zero attached hydrogens (tertiary/aromatic N) is 2. The second kappa shape index (κ2) is 6.00. The minimum Gasteiger partial charge on any atom is -0.368 e. The number of anilines is 1. The van der Waals surface area contributed by atoms with Gasteiger partial charge in [-0.15, -0.1) is 5.10 Å². The molecule has 1 aromatic carbocycles. The summed E-state index contributed by atoms with van der Waals surface area (Å²) in [6.07, 6.45) is 0. The van der Waals surface area contributed by atoms with E-state index in [1.807, 2.05) is 36.1 Å². The van der Waals surface area contributed by atoms with E-state index in [-0.39, 0.29) is 0 Å². The van der Waals surface area contributed by atoms with Gasteiger partial charge in [0.1, 0.15) is 0 Å². The topological polar surface area (TPSA) is 53.6 Å². The molecule has 0 spiro atoms. The van der Waals surface area contributed by atoms with Crippen molar-refractivity contribution in [3.63, 3.8) is 0 Å². The first-order valence-corrected chi connectivity index (χ1v) is 5.58. The Morgan fingerprint density at radius 1 is 1.31 bits per heavy atom. The average molecular weight is 220 g/mol. The van der Waals surface area contributed by atoms with Crippen molar-refractivity contribution < 1.29 is 0 Å². The van der Waals surface area contributed by atoms with Crippen LogP contribution in [-0.2, 0) is 0 Å². The SMILES string of the molecule is CCN(CC)C(N)=NNc1ccccc1C. The molecular formula is C12H20N4. The lowest BCUT2D eigenvalue weighted by molar-refractivity contribution is 0.459. The van der Waals surface area contributed by atoms with Crippen molar-refractivity contribution in [2.45, 2.75) is 20.8 Å². The van der Waals surface area contributed by atoms with Crippen molar-refractivity contribution in [1.82, 2.24) is 4.90 Å². The van der Waals surface area contributed by atoms with Gasteiger partial charge in [-0.2, -0.15) is 0 Å². The third-order valence-electron chi connectivity index (χ3n) is 2.52. The van der Waals surface area contributed by atoms with E-state index in [9.17, 15) is 0 Å². The molecule has 16 heavy (non-hydrogen) atoms. The van der Waals surface area contributed by atoms with Gasteiger partial charge in [-0.3, -0.25) is 5.43 Å². The quantitative estimate of drug-likeness (QED) is 0.463. The minimum atomic E-state index is 0.522. The summed E-state index contributed by atoms with van der Waals surface area (Å²) in [4.78, 5) is 1.99. The van der Waals surface area contributed by atoms with Crippen LogP contribution in [0.4, 0.5) is 5.69 Å². The summed E-state index contributed by atoms with van der Waals surface area (Å²) >= 11 is 0. The molecule has 0 unspecified atom stereocenters. The second-order valence-electron chi connectivity index (χ2n) is 3.57. The molecule has 0 saturated heterocycles. The largest absolute Gasteiger partial charge is 0.368 e. The van der Waals surface area contributed by atoms with Crippen LogP contribution in [0.3, 0.4) is 0 Å². The first kappa shape index (κ1) is 12.4. The van der Waals surface area contributed by atoms with Crippen molar-refractivity contribution in [3.05, 3.63) is 29.8 Å². The van der Waals surface area contributed by atoms with Crippen LogP contribution in [0, 0.1) is 6.92 Å². The smallest absolute Gasteiger partial charge is 0.214 e. The van der Waals surface area contributed by atoms with Gasteiger partial charge in [0.05, 0.1) is 5.69 Å². The molecule has 0 atom stereocenters. The molecule has 0 radical (unpaired) electrons. The third kappa shape index (κ3) is 3.15. The van der Waals surface area contributed by atoms with Crippen LogP contribution in [0.25, 0.3) is 0 Å². The Labute approximate surface area is 97.1 Å². The fourth-order valence-electron chi connectivity index (χ4n) is 1.43. The molecular weight excluding hydrogens is 200 g/mol. The lowest BCUT2D eigenvalue weighted by atomic mass is 10.2. The maximum absolute atomic E-state index is 5.85. The lowest BCUT2D eigenvalue weighted by Gasteiger charge is -2.19. The van der Waals surface area contributed by atoms with Crippen LogP contribution >= 0.6 is 0 Å². The molecule has 1 aromatic rings. The van der Waals surface area contributed by atoms with Gasteiger partial charge in [-0.1, -0.05) is 18.2 Å². The van der Waals surface area contributed by atoms with Gasteiger partial charge in [0.25, 0.3) is 0 Å². The van der Waals surface area contributed by atoms with E-state index in [0.29, 0.717) is 5.96 Å². The predicted octanol–water partition coefficient (Wildman–Crippen LogP) is 1.98. The molecule has 1 rings (SSSR count). The summed E-state index contributed by atoms with van der Waals surface area (Å²) in [5.74, 6) is 0.522. The zero-order valence-electron chi connectivity index (χ0n) is 10.2. The Morgan fingerprint density at radius 2 is 1.94 bits per heavy atom. The number of hydrogen-bond donors (Lipinski definition) is 2. The number of nitrogens with one attached hydrogen (secondary N) is 1. The molecule has 0 amide bonds. The molecule has 4 nitrogen and oxygen atoms in total. The number of aryl methyl sites for hydroxylation is 1. The van der Waals surface area contributed by atoms with Crippen molar-refractivity contribution in [3.8, 4) is 0 Å². The fourth-order valence-corrected chi connectivity index (χ4v) is 1.43. The van der Waals surface area contributed by atoms with E-state index >= 15 is 0 Å². The zero-order valence-corrected chi connectivity index (χ0v) is 10.2. The number of hydrogen-bond acceptors (Lipinski definition) is 2. The maximum atomic E-state index is 5.85.